The lowest BCUT2D eigenvalue weighted by molar-refractivity contribution is 1.25. The van der Waals surface area contributed by atoms with Crippen LogP contribution in [-0.2, 0) is 0 Å². The lowest BCUT2D eigenvalue weighted by Crippen LogP contribution is -1.92. The molecule has 0 amide bonds. The highest BCUT2D eigenvalue weighted by Crippen LogP contribution is 2.18. The maximum Gasteiger partial charge on any atom is 0.0814 e. The third kappa shape index (κ3) is 2.48. The maximum absolute atomic E-state index is 5.83. The molecule has 0 aliphatic rings. The van der Waals surface area contributed by atoms with Gasteiger partial charge in [-0.15, -0.1) is 0 Å². The van der Waals surface area contributed by atoms with Gasteiger partial charge in [-0.1, -0.05) is 29.3 Å². The number of nitrogens with zero attached hydrogens (tertiary/aromatic N) is 1. The zero-order valence-electron chi connectivity index (χ0n) is 6.30. The van der Waals surface area contributed by atoms with E-state index in [0.29, 0.717) is 22.3 Å². The molecule has 1 aromatic heterocycles. The first-order chi connectivity index (χ1) is 5.74. The Hall–Kier alpha value is -0.570. The smallest absolute Gasteiger partial charge is 0.0814 e. The molecule has 2 N–H and O–H groups in total. The molecule has 4 heteroatoms. The summed E-state index contributed by atoms with van der Waals surface area (Å²) in [5.41, 5.74) is 5.96. The molecule has 1 heterocycles. The molecule has 0 unspecified atom stereocenters. The van der Waals surface area contributed by atoms with Crippen LogP contribution in [0, 0.1) is 0 Å². The van der Waals surface area contributed by atoms with Crippen LogP contribution < -0.4 is 5.73 Å². The van der Waals surface area contributed by atoms with Gasteiger partial charge in [-0.05, 0) is 12.1 Å². The van der Waals surface area contributed by atoms with Crippen molar-refractivity contribution in [3.8, 4) is 0 Å². The van der Waals surface area contributed by atoms with Crippen LogP contribution >= 0.6 is 23.2 Å². The molecule has 0 saturated carbocycles. The fourth-order valence-electron chi connectivity index (χ4n) is 0.727. The molecule has 64 valence electrons. The van der Waals surface area contributed by atoms with Crippen molar-refractivity contribution < 1.29 is 0 Å². The molecule has 0 atom stereocenters. The molecule has 0 spiro atoms. The zero-order chi connectivity index (χ0) is 8.97. The summed E-state index contributed by atoms with van der Waals surface area (Å²) >= 11 is 11.5. The lowest BCUT2D eigenvalue weighted by atomic mass is 10.3. The summed E-state index contributed by atoms with van der Waals surface area (Å²) in [7, 11) is 0. The van der Waals surface area contributed by atoms with Gasteiger partial charge in [-0.2, -0.15) is 0 Å². The first-order valence-corrected chi connectivity index (χ1v) is 4.17. The van der Waals surface area contributed by atoms with Crippen LogP contribution in [0.3, 0.4) is 0 Å². The highest BCUT2D eigenvalue weighted by molar-refractivity contribution is 6.35. The predicted octanol–water partition coefficient (Wildman–Crippen LogP) is 2.36. The Balaban J connectivity index is 2.94. The predicted molar refractivity (Wildman–Crippen MR) is 52.3 cm³/mol. The Kier molecular flexibility index (Phi) is 3.53. The largest absolute Gasteiger partial charge is 0.327 e. The van der Waals surface area contributed by atoms with Gasteiger partial charge in [0.15, 0.2) is 0 Å². The van der Waals surface area contributed by atoms with Crippen LogP contribution in [0.4, 0.5) is 0 Å². The Morgan fingerprint density at radius 2 is 2.25 bits per heavy atom. The first kappa shape index (κ1) is 9.52. The van der Waals surface area contributed by atoms with Crippen LogP contribution in [0.25, 0.3) is 6.08 Å². The number of rotatable bonds is 2. The molecule has 0 aliphatic heterocycles. The number of nitrogens with two attached hydrogens (primary N) is 1. The Labute approximate surface area is 81.0 Å². The molecule has 2 nitrogen and oxygen atoms in total. The molecule has 12 heavy (non-hydrogen) atoms. The van der Waals surface area contributed by atoms with E-state index in [0.717, 1.165) is 0 Å². The topological polar surface area (TPSA) is 38.9 Å². The molecule has 0 radical (unpaired) electrons. The minimum atomic E-state index is 0.473. The minimum absolute atomic E-state index is 0.473. The van der Waals surface area contributed by atoms with Crippen molar-refractivity contribution in [3.63, 3.8) is 0 Å². The molecule has 0 aromatic carbocycles. The summed E-state index contributed by atoms with van der Waals surface area (Å²) in [6.45, 7) is 0.473. The van der Waals surface area contributed by atoms with Gasteiger partial charge in [0.1, 0.15) is 0 Å². The second kappa shape index (κ2) is 4.45. The van der Waals surface area contributed by atoms with Crippen molar-refractivity contribution >= 4 is 29.3 Å². The Bertz CT molecular complexity index is 297. The summed E-state index contributed by atoms with van der Waals surface area (Å²) < 4.78 is 0. The van der Waals surface area contributed by atoms with Crippen molar-refractivity contribution in [1.82, 2.24) is 4.98 Å². The maximum atomic E-state index is 5.83. The molecule has 0 saturated heterocycles. The van der Waals surface area contributed by atoms with E-state index in [1.54, 1.807) is 24.4 Å². The van der Waals surface area contributed by atoms with E-state index in [9.17, 15) is 0 Å². The van der Waals surface area contributed by atoms with E-state index in [2.05, 4.69) is 4.98 Å². The quantitative estimate of drug-likeness (QED) is 0.801. The van der Waals surface area contributed by atoms with E-state index in [1.165, 1.54) is 0 Å². The van der Waals surface area contributed by atoms with Crippen LogP contribution in [0.2, 0.25) is 10.0 Å². The standard InChI is InChI=1S/C8H8Cl2N2/c9-6-4-7(10)8(12-5-6)2-1-3-11/h1-2,4-5H,3,11H2. The van der Waals surface area contributed by atoms with Gasteiger partial charge in [-0.3, -0.25) is 4.98 Å². The van der Waals surface area contributed by atoms with Gasteiger partial charge in [-0.25, -0.2) is 0 Å². The van der Waals surface area contributed by atoms with Crippen molar-refractivity contribution in [2.45, 2.75) is 0 Å². The first-order valence-electron chi connectivity index (χ1n) is 3.41. The molecular formula is C8H8Cl2N2. The summed E-state index contributed by atoms with van der Waals surface area (Å²) in [4.78, 5) is 4.01. The number of halogens is 2. The second-order valence-corrected chi connectivity index (χ2v) is 3.00. The van der Waals surface area contributed by atoms with E-state index >= 15 is 0 Å². The number of hydrogen-bond donors (Lipinski definition) is 1. The normalized spacial score (nSPS) is 10.9. The fourth-order valence-corrected chi connectivity index (χ4v) is 1.17. The van der Waals surface area contributed by atoms with Crippen LogP contribution in [0.5, 0.6) is 0 Å². The third-order valence-electron chi connectivity index (χ3n) is 1.25. The monoisotopic (exact) mass is 202 g/mol. The SMILES string of the molecule is NCC=Cc1ncc(Cl)cc1Cl. The highest BCUT2D eigenvalue weighted by atomic mass is 35.5. The van der Waals surface area contributed by atoms with Crippen molar-refractivity contribution in [2.75, 3.05) is 6.54 Å². The molecule has 1 rings (SSSR count). The average Bonchev–Trinajstić information content (AvgIpc) is 2.03. The molecule has 1 aromatic rings. The van der Waals surface area contributed by atoms with Gasteiger partial charge in [0.05, 0.1) is 15.7 Å². The highest BCUT2D eigenvalue weighted by Gasteiger charge is 1.97. The van der Waals surface area contributed by atoms with Gasteiger partial charge in [0.25, 0.3) is 0 Å². The Morgan fingerprint density at radius 1 is 1.50 bits per heavy atom. The van der Waals surface area contributed by atoms with Crippen molar-refractivity contribution in [1.29, 1.82) is 0 Å². The van der Waals surface area contributed by atoms with E-state index in [4.69, 9.17) is 28.9 Å². The van der Waals surface area contributed by atoms with Gasteiger partial charge in [0.2, 0.25) is 0 Å². The number of pyridine rings is 1. The van der Waals surface area contributed by atoms with Crippen LogP contribution in [0.1, 0.15) is 5.69 Å². The zero-order valence-corrected chi connectivity index (χ0v) is 7.81. The number of aromatic nitrogens is 1. The minimum Gasteiger partial charge on any atom is -0.327 e. The lowest BCUT2D eigenvalue weighted by Gasteiger charge is -1.96. The molecule has 0 fully saturated rings. The fraction of sp³-hybridized carbons (Fsp3) is 0.125. The average molecular weight is 203 g/mol. The second-order valence-electron chi connectivity index (χ2n) is 2.16. The number of hydrogen-bond acceptors (Lipinski definition) is 2. The molecular weight excluding hydrogens is 195 g/mol. The van der Waals surface area contributed by atoms with Crippen molar-refractivity contribution in [2.24, 2.45) is 5.73 Å². The Morgan fingerprint density at radius 3 is 2.83 bits per heavy atom. The van der Waals surface area contributed by atoms with Gasteiger partial charge < -0.3 is 5.73 Å². The van der Waals surface area contributed by atoms with E-state index in [-0.39, 0.29) is 0 Å². The van der Waals surface area contributed by atoms with Crippen molar-refractivity contribution in [3.05, 3.63) is 34.1 Å². The van der Waals surface area contributed by atoms with Crippen LogP contribution in [0.15, 0.2) is 18.3 Å². The van der Waals surface area contributed by atoms with E-state index in [1.807, 2.05) is 0 Å². The molecule has 0 aliphatic carbocycles. The van der Waals surface area contributed by atoms with Gasteiger partial charge >= 0.3 is 0 Å². The summed E-state index contributed by atoms with van der Waals surface area (Å²) in [6, 6.07) is 1.65. The van der Waals surface area contributed by atoms with Crippen LogP contribution in [-0.4, -0.2) is 11.5 Å². The third-order valence-corrected chi connectivity index (χ3v) is 1.76. The summed E-state index contributed by atoms with van der Waals surface area (Å²) in [6.07, 6.45) is 5.09. The summed E-state index contributed by atoms with van der Waals surface area (Å²) in [5.74, 6) is 0. The summed E-state index contributed by atoms with van der Waals surface area (Å²) in [5, 5.41) is 1.07. The van der Waals surface area contributed by atoms with Gasteiger partial charge in [0, 0.05) is 12.7 Å². The molecule has 0 bridgehead atoms. The van der Waals surface area contributed by atoms with E-state index < -0.39 is 0 Å².